The Morgan fingerprint density at radius 2 is 1.87 bits per heavy atom. The highest BCUT2D eigenvalue weighted by Crippen LogP contribution is 2.19. The molecule has 0 fully saturated rings. The van der Waals surface area contributed by atoms with Crippen LogP contribution < -0.4 is 0 Å². The third-order valence-electron chi connectivity index (χ3n) is 2.01. The molecular formula is C14H14O. The van der Waals surface area contributed by atoms with Gasteiger partial charge in [-0.2, -0.15) is 0 Å². The van der Waals surface area contributed by atoms with Crippen LogP contribution in [0.3, 0.4) is 0 Å². The highest BCUT2D eigenvalue weighted by molar-refractivity contribution is 5.44. The lowest BCUT2D eigenvalue weighted by Gasteiger charge is -2.10. The Morgan fingerprint density at radius 3 is 2.47 bits per heavy atom. The molecule has 0 N–H and O–H groups in total. The molecule has 0 spiro atoms. The fourth-order valence-electron chi connectivity index (χ4n) is 1.37. The van der Waals surface area contributed by atoms with Gasteiger partial charge in [0.25, 0.3) is 0 Å². The number of hydrogen-bond acceptors (Lipinski definition) is 1. The van der Waals surface area contributed by atoms with E-state index in [0.717, 1.165) is 11.1 Å². The second kappa shape index (κ2) is 5.91. The monoisotopic (exact) mass is 198 g/mol. The quantitative estimate of drug-likeness (QED) is 0.664. The van der Waals surface area contributed by atoms with Crippen molar-refractivity contribution in [3.05, 3.63) is 35.4 Å². The first-order chi connectivity index (χ1) is 7.33. The third-order valence-corrected chi connectivity index (χ3v) is 2.01. The predicted octanol–water partition coefficient (Wildman–Crippen LogP) is 2.77. The van der Waals surface area contributed by atoms with E-state index in [4.69, 9.17) is 4.74 Å². The second-order valence-corrected chi connectivity index (χ2v) is 2.97. The van der Waals surface area contributed by atoms with Crippen molar-refractivity contribution in [3.8, 4) is 23.7 Å². The molecule has 15 heavy (non-hydrogen) atoms. The molecule has 1 rings (SSSR count). The van der Waals surface area contributed by atoms with E-state index < -0.39 is 0 Å². The van der Waals surface area contributed by atoms with Crippen molar-refractivity contribution in [2.45, 2.75) is 20.0 Å². The summed E-state index contributed by atoms with van der Waals surface area (Å²) >= 11 is 0. The van der Waals surface area contributed by atoms with E-state index in [1.165, 1.54) is 0 Å². The summed E-state index contributed by atoms with van der Waals surface area (Å²) in [4.78, 5) is 0. The topological polar surface area (TPSA) is 9.23 Å². The van der Waals surface area contributed by atoms with Crippen molar-refractivity contribution in [1.29, 1.82) is 0 Å². The molecule has 0 amide bonds. The van der Waals surface area contributed by atoms with Gasteiger partial charge in [0.15, 0.2) is 0 Å². The Morgan fingerprint density at radius 1 is 1.13 bits per heavy atom. The van der Waals surface area contributed by atoms with E-state index in [1.807, 2.05) is 31.2 Å². The number of rotatable bonds is 2. The van der Waals surface area contributed by atoms with E-state index in [9.17, 15) is 0 Å². The molecule has 1 aromatic rings. The first-order valence-electron chi connectivity index (χ1n) is 4.80. The van der Waals surface area contributed by atoms with E-state index in [1.54, 1.807) is 14.0 Å². The zero-order valence-corrected chi connectivity index (χ0v) is 9.29. The Bertz CT molecular complexity index is 438. The number of methoxy groups -OCH3 is 1. The molecule has 0 aliphatic heterocycles. The fourth-order valence-corrected chi connectivity index (χ4v) is 1.37. The van der Waals surface area contributed by atoms with E-state index in [0.29, 0.717) is 0 Å². The van der Waals surface area contributed by atoms with E-state index in [2.05, 4.69) is 23.7 Å². The average Bonchev–Trinajstić information content (AvgIpc) is 2.27. The molecule has 0 aromatic heterocycles. The average molecular weight is 198 g/mol. The van der Waals surface area contributed by atoms with Crippen molar-refractivity contribution >= 4 is 0 Å². The van der Waals surface area contributed by atoms with Gasteiger partial charge in [0.05, 0.1) is 0 Å². The molecular weight excluding hydrogens is 184 g/mol. The third kappa shape index (κ3) is 2.88. The predicted molar refractivity (Wildman–Crippen MR) is 62.2 cm³/mol. The molecule has 0 aliphatic rings. The van der Waals surface area contributed by atoms with Gasteiger partial charge in [0.2, 0.25) is 0 Å². The molecule has 0 heterocycles. The molecule has 1 heteroatoms. The lowest BCUT2D eigenvalue weighted by molar-refractivity contribution is 0.150. The van der Waals surface area contributed by atoms with Crippen LogP contribution in [0.1, 0.15) is 31.1 Å². The van der Waals surface area contributed by atoms with Gasteiger partial charge < -0.3 is 4.74 Å². The number of ether oxygens (including phenoxy) is 1. The molecule has 0 aliphatic carbocycles. The van der Waals surface area contributed by atoms with Crippen LogP contribution in [0.4, 0.5) is 0 Å². The van der Waals surface area contributed by atoms with Crippen molar-refractivity contribution < 1.29 is 4.74 Å². The number of benzene rings is 1. The molecule has 1 aromatic carbocycles. The normalized spacial score (nSPS) is 10.6. The Balaban J connectivity index is 3.18. The van der Waals surface area contributed by atoms with Gasteiger partial charge in [-0.25, -0.2) is 0 Å². The van der Waals surface area contributed by atoms with Crippen LogP contribution in [-0.2, 0) is 4.74 Å². The van der Waals surface area contributed by atoms with Crippen molar-refractivity contribution in [2.24, 2.45) is 0 Å². The van der Waals surface area contributed by atoms with Crippen molar-refractivity contribution in [1.82, 2.24) is 0 Å². The zero-order valence-electron chi connectivity index (χ0n) is 9.29. The summed E-state index contributed by atoms with van der Waals surface area (Å²) < 4.78 is 5.32. The molecule has 0 saturated carbocycles. The minimum absolute atomic E-state index is 0.188. The maximum Gasteiger partial charge on any atom is 0.144 e. The molecule has 76 valence electrons. The smallest absolute Gasteiger partial charge is 0.144 e. The van der Waals surface area contributed by atoms with Gasteiger partial charge in [0, 0.05) is 18.2 Å². The van der Waals surface area contributed by atoms with Crippen LogP contribution in [0, 0.1) is 23.7 Å². The SMILES string of the molecule is CC#Cc1ccccc1C(C#CC)OC. The maximum atomic E-state index is 5.32. The first kappa shape index (κ1) is 11.4. The Kier molecular flexibility index (Phi) is 4.48. The summed E-state index contributed by atoms with van der Waals surface area (Å²) in [5, 5.41) is 0. The molecule has 1 atom stereocenters. The molecule has 1 nitrogen and oxygen atoms in total. The standard InChI is InChI=1S/C14H14O/c1-4-8-12-10-6-7-11-13(12)14(15-3)9-5-2/h6-7,10-11,14H,1-3H3. The van der Waals surface area contributed by atoms with Crippen LogP contribution in [-0.4, -0.2) is 7.11 Å². The van der Waals surface area contributed by atoms with E-state index in [-0.39, 0.29) is 6.10 Å². The zero-order chi connectivity index (χ0) is 11.1. The van der Waals surface area contributed by atoms with E-state index >= 15 is 0 Å². The van der Waals surface area contributed by atoms with Gasteiger partial charge in [-0.1, -0.05) is 30.0 Å². The van der Waals surface area contributed by atoms with Gasteiger partial charge in [-0.05, 0) is 19.9 Å². The molecule has 0 bridgehead atoms. The lowest BCUT2D eigenvalue weighted by Crippen LogP contribution is -2.01. The minimum atomic E-state index is -0.188. The second-order valence-electron chi connectivity index (χ2n) is 2.97. The minimum Gasteiger partial charge on any atom is -0.364 e. The molecule has 1 unspecified atom stereocenters. The van der Waals surface area contributed by atoms with Gasteiger partial charge in [0.1, 0.15) is 6.10 Å². The largest absolute Gasteiger partial charge is 0.364 e. The van der Waals surface area contributed by atoms with Gasteiger partial charge >= 0.3 is 0 Å². The highest BCUT2D eigenvalue weighted by Gasteiger charge is 2.09. The van der Waals surface area contributed by atoms with Crippen molar-refractivity contribution in [2.75, 3.05) is 7.11 Å². The summed E-state index contributed by atoms with van der Waals surface area (Å²) in [7, 11) is 1.66. The molecule has 0 saturated heterocycles. The molecule has 0 radical (unpaired) electrons. The van der Waals surface area contributed by atoms with Crippen LogP contribution >= 0.6 is 0 Å². The van der Waals surface area contributed by atoms with Crippen LogP contribution in [0.25, 0.3) is 0 Å². The highest BCUT2D eigenvalue weighted by atomic mass is 16.5. The van der Waals surface area contributed by atoms with Crippen LogP contribution in [0.5, 0.6) is 0 Å². The fraction of sp³-hybridized carbons (Fsp3) is 0.286. The number of hydrogen-bond donors (Lipinski definition) is 0. The van der Waals surface area contributed by atoms with Crippen molar-refractivity contribution in [3.63, 3.8) is 0 Å². The Labute approximate surface area is 91.5 Å². The Hall–Kier alpha value is -1.70. The lowest BCUT2D eigenvalue weighted by atomic mass is 10.0. The summed E-state index contributed by atoms with van der Waals surface area (Å²) in [5.41, 5.74) is 2.01. The summed E-state index contributed by atoms with van der Waals surface area (Å²) in [6, 6.07) is 7.92. The van der Waals surface area contributed by atoms with Gasteiger partial charge in [-0.15, -0.1) is 11.8 Å². The van der Waals surface area contributed by atoms with Crippen LogP contribution in [0.2, 0.25) is 0 Å². The van der Waals surface area contributed by atoms with Gasteiger partial charge in [-0.3, -0.25) is 0 Å². The summed E-state index contributed by atoms with van der Waals surface area (Å²) in [6.45, 7) is 3.63. The maximum absolute atomic E-state index is 5.32. The summed E-state index contributed by atoms with van der Waals surface area (Å²) in [6.07, 6.45) is -0.188. The first-order valence-corrected chi connectivity index (χ1v) is 4.80. The summed E-state index contributed by atoms with van der Waals surface area (Å²) in [5.74, 6) is 11.8. The van der Waals surface area contributed by atoms with Crippen LogP contribution in [0.15, 0.2) is 24.3 Å².